The summed E-state index contributed by atoms with van der Waals surface area (Å²) in [5, 5.41) is 0. The Morgan fingerprint density at radius 2 is 1.76 bits per heavy atom. The molecular weight excluding hydrogens is 212 g/mol. The highest BCUT2D eigenvalue weighted by Crippen LogP contribution is 2.36. The summed E-state index contributed by atoms with van der Waals surface area (Å²) in [6, 6.07) is 0.464. The first-order valence-electron chi connectivity index (χ1n) is 6.67. The van der Waals surface area contributed by atoms with E-state index in [1.54, 1.807) is 0 Å². The van der Waals surface area contributed by atoms with Crippen molar-refractivity contribution in [3.63, 3.8) is 0 Å². The molecule has 1 rings (SSSR count). The first-order valence-corrected chi connectivity index (χ1v) is 6.67. The summed E-state index contributed by atoms with van der Waals surface area (Å²) in [5.74, 6) is 0.720. The fourth-order valence-corrected chi connectivity index (χ4v) is 1.81. The van der Waals surface area contributed by atoms with Crippen LogP contribution in [0.3, 0.4) is 0 Å². The van der Waals surface area contributed by atoms with Gasteiger partial charge >= 0.3 is 0 Å². The van der Waals surface area contributed by atoms with Crippen LogP contribution in [-0.2, 0) is 4.79 Å². The van der Waals surface area contributed by atoms with Crippen molar-refractivity contribution in [2.24, 2.45) is 17.1 Å². The van der Waals surface area contributed by atoms with Crippen molar-refractivity contribution >= 4 is 5.91 Å². The van der Waals surface area contributed by atoms with Crippen LogP contribution in [0.4, 0.5) is 0 Å². The van der Waals surface area contributed by atoms with E-state index in [2.05, 4.69) is 18.7 Å². The van der Waals surface area contributed by atoms with Crippen LogP contribution in [0.2, 0.25) is 0 Å². The molecule has 0 aromatic rings. The summed E-state index contributed by atoms with van der Waals surface area (Å²) in [7, 11) is 0. The third-order valence-corrected chi connectivity index (χ3v) is 3.96. The van der Waals surface area contributed by atoms with E-state index in [9.17, 15) is 4.79 Å². The minimum absolute atomic E-state index is 0.209. The molecule has 0 atom stereocenters. The van der Waals surface area contributed by atoms with Gasteiger partial charge in [0.15, 0.2) is 0 Å². The predicted molar refractivity (Wildman–Crippen MR) is 71.6 cm³/mol. The maximum atomic E-state index is 12.7. The van der Waals surface area contributed by atoms with Gasteiger partial charge in [-0.1, -0.05) is 13.8 Å². The standard InChI is InChI=1S/C14H28N2O/c1-10(2)9-16(11-7-8-11)12(17)13(3,4)14(5,6)15/h10-11H,7-9,15H2,1-6H3. The second kappa shape index (κ2) is 4.60. The number of hydrogen-bond donors (Lipinski definition) is 1. The number of nitrogens with two attached hydrogens (primary N) is 1. The summed E-state index contributed by atoms with van der Waals surface area (Å²) in [6.07, 6.45) is 2.30. The lowest BCUT2D eigenvalue weighted by Gasteiger charge is -2.41. The van der Waals surface area contributed by atoms with Gasteiger partial charge in [-0.25, -0.2) is 0 Å². The SMILES string of the molecule is CC(C)CN(C(=O)C(C)(C)C(C)(C)N)C1CC1. The Kier molecular flexibility index (Phi) is 3.92. The minimum atomic E-state index is -0.509. The van der Waals surface area contributed by atoms with Crippen molar-refractivity contribution in [1.82, 2.24) is 4.90 Å². The van der Waals surface area contributed by atoms with E-state index in [1.165, 1.54) is 0 Å². The van der Waals surface area contributed by atoms with Gasteiger partial charge in [-0.15, -0.1) is 0 Å². The number of carbonyl (C=O) groups excluding carboxylic acids is 1. The maximum absolute atomic E-state index is 12.7. The molecule has 0 saturated heterocycles. The predicted octanol–water partition coefficient (Wildman–Crippen LogP) is 2.40. The quantitative estimate of drug-likeness (QED) is 0.802. The van der Waals surface area contributed by atoms with E-state index in [0.29, 0.717) is 12.0 Å². The maximum Gasteiger partial charge on any atom is 0.230 e. The zero-order valence-electron chi connectivity index (χ0n) is 12.2. The Morgan fingerprint density at radius 3 is 2.06 bits per heavy atom. The summed E-state index contributed by atoms with van der Waals surface area (Å²) in [5.41, 5.74) is 5.15. The zero-order chi connectivity index (χ0) is 13.4. The van der Waals surface area contributed by atoms with Gasteiger partial charge in [-0.05, 0) is 46.5 Å². The molecule has 0 aromatic heterocycles. The van der Waals surface area contributed by atoms with Crippen LogP contribution in [0, 0.1) is 11.3 Å². The van der Waals surface area contributed by atoms with Crippen molar-refractivity contribution in [2.75, 3.05) is 6.54 Å². The van der Waals surface area contributed by atoms with Crippen molar-refractivity contribution in [3.8, 4) is 0 Å². The van der Waals surface area contributed by atoms with Gasteiger partial charge < -0.3 is 10.6 Å². The van der Waals surface area contributed by atoms with Gasteiger partial charge in [-0.2, -0.15) is 0 Å². The third kappa shape index (κ3) is 3.21. The smallest absolute Gasteiger partial charge is 0.230 e. The molecule has 1 aliphatic carbocycles. The number of hydrogen-bond acceptors (Lipinski definition) is 2. The highest BCUT2D eigenvalue weighted by atomic mass is 16.2. The van der Waals surface area contributed by atoms with Crippen LogP contribution in [0.15, 0.2) is 0 Å². The fourth-order valence-electron chi connectivity index (χ4n) is 1.81. The van der Waals surface area contributed by atoms with Crippen LogP contribution in [0.5, 0.6) is 0 Å². The molecule has 0 aromatic carbocycles. The second-order valence-corrected chi connectivity index (χ2v) is 6.93. The Labute approximate surface area is 106 Å². The van der Waals surface area contributed by atoms with Gasteiger partial charge in [0.2, 0.25) is 5.91 Å². The molecule has 100 valence electrons. The summed E-state index contributed by atoms with van der Waals surface area (Å²) < 4.78 is 0. The molecule has 3 nitrogen and oxygen atoms in total. The lowest BCUT2D eigenvalue weighted by Crippen LogP contribution is -2.57. The van der Waals surface area contributed by atoms with E-state index < -0.39 is 11.0 Å². The molecule has 0 spiro atoms. The van der Waals surface area contributed by atoms with E-state index in [1.807, 2.05) is 27.7 Å². The first-order chi connectivity index (χ1) is 7.57. The van der Waals surface area contributed by atoms with Gasteiger partial charge in [0.05, 0.1) is 5.41 Å². The second-order valence-electron chi connectivity index (χ2n) is 6.93. The molecule has 1 amide bonds. The topological polar surface area (TPSA) is 46.3 Å². The Hall–Kier alpha value is -0.570. The Bertz CT molecular complexity index is 285. The van der Waals surface area contributed by atoms with E-state index in [-0.39, 0.29) is 5.91 Å². The molecule has 3 heteroatoms. The molecule has 0 aliphatic heterocycles. The van der Waals surface area contributed by atoms with Gasteiger partial charge in [0.25, 0.3) is 0 Å². The van der Waals surface area contributed by atoms with E-state index in [0.717, 1.165) is 19.4 Å². The fraction of sp³-hybridized carbons (Fsp3) is 0.929. The summed E-state index contributed by atoms with van der Waals surface area (Å²) >= 11 is 0. The summed E-state index contributed by atoms with van der Waals surface area (Å²) in [6.45, 7) is 13.0. The lowest BCUT2D eigenvalue weighted by atomic mass is 9.74. The summed E-state index contributed by atoms with van der Waals surface area (Å²) in [4.78, 5) is 14.7. The molecule has 2 N–H and O–H groups in total. The molecule has 1 aliphatic rings. The zero-order valence-corrected chi connectivity index (χ0v) is 12.2. The Morgan fingerprint density at radius 1 is 1.29 bits per heavy atom. The molecule has 0 bridgehead atoms. The van der Waals surface area contributed by atoms with Gasteiger partial charge in [0, 0.05) is 18.1 Å². The molecular formula is C14H28N2O. The third-order valence-electron chi connectivity index (χ3n) is 3.96. The van der Waals surface area contributed by atoms with Crippen molar-refractivity contribution < 1.29 is 4.79 Å². The first kappa shape index (κ1) is 14.5. The number of amides is 1. The highest BCUT2D eigenvalue weighted by Gasteiger charge is 2.46. The normalized spacial score (nSPS) is 17.4. The molecule has 0 radical (unpaired) electrons. The Balaban J connectivity index is 2.84. The van der Waals surface area contributed by atoms with Crippen LogP contribution >= 0.6 is 0 Å². The minimum Gasteiger partial charge on any atom is -0.339 e. The number of nitrogens with zero attached hydrogens (tertiary/aromatic N) is 1. The molecule has 1 saturated carbocycles. The van der Waals surface area contributed by atoms with Crippen LogP contribution in [0.1, 0.15) is 54.4 Å². The molecule has 0 heterocycles. The van der Waals surface area contributed by atoms with Gasteiger partial charge in [0.1, 0.15) is 0 Å². The molecule has 1 fully saturated rings. The monoisotopic (exact) mass is 240 g/mol. The molecule has 0 unspecified atom stereocenters. The van der Waals surface area contributed by atoms with Crippen LogP contribution < -0.4 is 5.73 Å². The molecule has 17 heavy (non-hydrogen) atoms. The highest BCUT2D eigenvalue weighted by molar-refractivity contribution is 5.84. The van der Waals surface area contributed by atoms with Crippen LogP contribution in [-0.4, -0.2) is 28.9 Å². The largest absolute Gasteiger partial charge is 0.339 e. The van der Waals surface area contributed by atoms with Gasteiger partial charge in [-0.3, -0.25) is 4.79 Å². The average molecular weight is 240 g/mol. The van der Waals surface area contributed by atoms with Crippen molar-refractivity contribution in [2.45, 2.75) is 66.0 Å². The number of rotatable bonds is 5. The number of carbonyl (C=O) groups is 1. The lowest BCUT2D eigenvalue weighted by molar-refractivity contribution is -0.144. The van der Waals surface area contributed by atoms with Crippen molar-refractivity contribution in [3.05, 3.63) is 0 Å². The van der Waals surface area contributed by atoms with Crippen LogP contribution in [0.25, 0.3) is 0 Å². The average Bonchev–Trinajstić information content (AvgIpc) is 2.93. The van der Waals surface area contributed by atoms with E-state index in [4.69, 9.17) is 5.73 Å². The van der Waals surface area contributed by atoms with Crippen molar-refractivity contribution in [1.29, 1.82) is 0 Å². The van der Waals surface area contributed by atoms with E-state index >= 15 is 0 Å².